The standard InChI is InChI=1S/C19H20N2O4/c1-24-12-25-16-8-7-13-5-2-3-6-14(13)18(16)19-15(22)11-17(23)21(19)10-4-9-20/h2-3,5-8,15,19,22H,4,10-12H2,1H3/t15-,19-/m0/s1. The Morgan fingerprint density at radius 3 is 2.88 bits per heavy atom. The lowest BCUT2D eigenvalue weighted by Gasteiger charge is -2.28. The van der Waals surface area contributed by atoms with Gasteiger partial charge < -0.3 is 19.5 Å². The van der Waals surface area contributed by atoms with Crippen LogP contribution in [-0.2, 0) is 9.53 Å². The topological polar surface area (TPSA) is 82.8 Å². The molecule has 1 heterocycles. The lowest BCUT2D eigenvalue weighted by molar-refractivity contribution is -0.128. The van der Waals surface area contributed by atoms with E-state index in [1.807, 2.05) is 36.4 Å². The van der Waals surface area contributed by atoms with E-state index in [1.54, 1.807) is 4.90 Å². The largest absolute Gasteiger partial charge is 0.467 e. The van der Waals surface area contributed by atoms with Crippen molar-refractivity contribution in [3.8, 4) is 11.8 Å². The Morgan fingerprint density at radius 2 is 2.12 bits per heavy atom. The van der Waals surface area contributed by atoms with Crippen LogP contribution in [0.5, 0.6) is 5.75 Å². The fourth-order valence-electron chi connectivity index (χ4n) is 3.38. The normalized spacial score (nSPS) is 20.0. The van der Waals surface area contributed by atoms with Gasteiger partial charge in [-0.3, -0.25) is 4.79 Å². The Hall–Kier alpha value is -2.62. The fraction of sp³-hybridized carbons (Fsp3) is 0.368. The molecule has 1 fully saturated rings. The van der Waals surface area contributed by atoms with Crippen LogP contribution in [0, 0.1) is 11.3 Å². The second-order valence-corrected chi connectivity index (χ2v) is 5.96. The first-order chi connectivity index (χ1) is 12.2. The van der Waals surface area contributed by atoms with Crippen LogP contribution in [0.15, 0.2) is 36.4 Å². The van der Waals surface area contributed by atoms with Crippen molar-refractivity contribution in [2.75, 3.05) is 20.4 Å². The number of carbonyl (C=O) groups excluding carboxylic acids is 1. The molecule has 6 nitrogen and oxygen atoms in total. The molecule has 0 aliphatic carbocycles. The van der Waals surface area contributed by atoms with Gasteiger partial charge in [0.25, 0.3) is 0 Å². The number of nitriles is 1. The number of aliphatic hydroxyl groups is 1. The molecule has 0 unspecified atom stereocenters. The second kappa shape index (κ2) is 7.51. The van der Waals surface area contributed by atoms with Crippen molar-refractivity contribution in [3.63, 3.8) is 0 Å². The molecule has 130 valence electrons. The highest BCUT2D eigenvalue weighted by molar-refractivity contribution is 5.90. The van der Waals surface area contributed by atoms with E-state index < -0.39 is 12.1 Å². The highest BCUT2D eigenvalue weighted by Crippen LogP contribution is 2.42. The van der Waals surface area contributed by atoms with Crippen molar-refractivity contribution >= 4 is 16.7 Å². The summed E-state index contributed by atoms with van der Waals surface area (Å²) in [6, 6.07) is 13.1. The molecule has 25 heavy (non-hydrogen) atoms. The van der Waals surface area contributed by atoms with Crippen molar-refractivity contribution in [2.24, 2.45) is 0 Å². The van der Waals surface area contributed by atoms with Gasteiger partial charge in [0, 0.05) is 19.2 Å². The third-order valence-electron chi connectivity index (χ3n) is 4.43. The molecule has 2 aromatic carbocycles. The van der Waals surface area contributed by atoms with Crippen molar-refractivity contribution < 1.29 is 19.4 Å². The Bertz CT molecular complexity index is 815. The van der Waals surface area contributed by atoms with Gasteiger partial charge in [-0.2, -0.15) is 5.26 Å². The summed E-state index contributed by atoms with van der Waals surface area (Å²) < 4.78 is 10.7. The zero-order valence-corrected chi connectivity index (χ0v) is 14.0. The van der Waals surface area contributed by atoms with Gasteiger partial charge in [0.1, 0.15) is 5.75 Å². The smallest absolute Gasteiger partial charge is 0.225 e. The fourth-order valence-corrected chi connectivity index (χ4v) is 3.38. The zero-order chi connectivity index (χ0) is 17.8. The SMILES string of the molecule is COCOc1ccc2ccccc2c1[C@@H]1[C@@H](O)CC(=O)N1CCC#N. The molecular weight excluding hydrogens is 320 g/mol. The molecule has 1 aliphatic rings. The van der Waals surface area contributed by atoms with Crippen LogP contribution < -0.4 is 4.74 Å². The number of methoxy groups -OCH3 is 1. The average molecular weight is 340 g/mol. The van der Waals surface area contributed by atoms with E-state index in [0.717, 1.165) is 16.3 Å². The van der Waals surface area contributed by atoms with Gasteiger partial charge in [-0.25, -0.2) is 0 Å². The Kier molecular flexibility index (Phi) is 5.17. The number of amides is 1. The molecule has 0 spiro atoms. The molecule has 1 saturated heterocycles. The molecule has 0 saturated carbocycles. The number of rotatable bonds is 6. The number of aliphatic hydroxyl groups excluding tert-OH is 1. The number of hydrogen-bond acceptors (Lipinski definition) is 5. The third-order valence-corrected chi connectivity index (χ3v) is 4.43. The van der Waals surface area contributed by atoms with Crippen LogP contribution in [0.25, 0.3) is 10.8 Å². The Balaban J connectivity index is 2.13. The van der Waals surface area contributed by atoms with Gasteiger partial charge in [0.2, 0.25) is 5.91 Å². The molecule has 6 heteroatoms. The van der Waals surface area contributed by atoms with E-state index in [-0.39, 0.29) is 32.1 Å². The summed E-state index contributed by atoms with van der Waals surface area (Å²) >= 11 is 0. The van der Waals surface area contributed by atoms with Crippen LogP contribution >= 0.6 is 0 Å². The minimum atomic E-state index is -0.845. The number of carbonyl (C=O) groups is 1. The number of benzene rings is 2. The lowest BCUT2D eigenvalue weighted by Crippen LogP contribution is -2.31. The highest BCUT2D eigenvalue weighted by atomic mass is 16.7. The molecule has 1 N–H and O–H groups in total. The van der Waals surface area contributed by atoms with Crippen LogP contribution in [-0.4, -0.2) is 42.5 Å². The van der Waals surface area contributed by atoms with Crippen molar-refractivity contribution in [1.82, 2.24) is 4.90 Å². The van der Waals surface area contributed by atoms with Crippen LogP contribution in [0.2, 0.25) is 0 Å². The minimum absolute atomic E-state index is 0.0447. The van der Waals surface area contributed by atoms with Crippen LogP contribution in [0.4, 0.5) is 0 Å². The molecule has 2 atom stereocenters. The number of likely N-dealkylation sites (tertiary alicyclic amines) is 1. The summed E-state index contributed by atoms with van der Waals surface area (Å²) in [5.41, 5.74) is 0.756. The van der Waals surface area contributed by atoms with E-state index in [9.17, 15) is 9.90 Å². The quantitative estimate of drug-likeness (QED) is 0.816. The molecule has 1 amide bonds. The van der Waals surface area contributed by atoms with E-state index in [1.165, 1.54) is 7.11 Å². The highest BCUT2D eigenvalue weighted by Gasteiger charge is 2.41. The first-order valence-electron chi connectivity index (χ1n) is 8.15. The van der Waals surface area contributed by atoms with Gasteiger partial charge in [-0.1, -0.05) is 30.3 Å². The predicted octanol–water partition coefficient (Wildman–Crippen LogP) is 2.37. The van der Waals surface area contributed by atoms with E-state index in [2.05, 4.69) is 6.07 Å². The summed E-state index contributed by atoms with van der Waals surface area (Å²) in [7, 11) is 1.54. The maximum atomic E-state index is 12.3. The Labute approximate surface area is 146 Å². The Morgan fingerprint density at radius 1 is 1.32 bits per heavy atom. The molecule has 0 bridgehead atoms. The van der Waals surface area contributed by atoms with E-state index in [4.69, 9.17) is 14.7 Å². The van der Waals surface area contributed by atoms with E-state index in [0.29, 0.717) is 5.75 Å². The first-order valence-corrected chi connectivity index (χ1v) is 8.15. The van der Waals surface area contributed by atoms with Crippen molar-refractivity contribution in [2.45, 2.75) is 25.0 Å². The summed E-state index contributed by atoms with van der Waals surface area (Å²) in [5, 5.41) is 21.4. The van der Waals surface area contributed by atoms with Gasteiger partial charge >= 0.3 is 0 Å². The lowest BCUT2D eigenvalue weighted by atomic mass is 9.94. The maximum absolute atomic E-state index is 12.3. The van der Waals surface area contributed by atoms with Gasteiger partial charge in [0.05, 0.1) is 31.1 Å². The second-order valence-electron chi connectivity index (χ2n) is 5.96. The molecule has 1 aliphatic heterocycles. The number of ether oxygens (including phenoxy) is 2. The molecule has 0 aromatic heterocycles. The van der Waals surface area contributed by atoms with Crippen LogP contribution in [0.1, 0.15) is 24.4 Å². The van der Waals surface area contributed by atoms with Gasteiger partial charge in [0.15, 0.2) is 6.79 Å². The summed E-state index contributed by atoms with van der Waals surface area (Å²) in [5.74, 6) is 0.416. The molecule has 2 aromatic rings. The zero-order valence-electron chi connectivity index (χ0n) is 14.0. The first kappa shape index (κ1) is 17.2. The summed E-state index contributed by atoms with van der Waals surface area (Å²) in [6.45, 7) is 0.351. The molecule has 0 radical (unpaired) electrons. The number of hydrogen-bond donors (Lipinski definition) is 1. The van der Waals surface area contributed by atoms with E-state index >= 15 is 0 Å². The minimum Gasteiger partial charge on any atom is -0.467 e. The summed E-state index contributed by atoms with van der Waals surface area (Å²) in [4.78, 5) is 13.9. The average Bonchev–Trinajstić information content (AvgIpc) is 2.90. The monoisotopic (exact) mass is 340 g/mol. The van der Waals surface area contributed by atoms with Crippen LogP contribution in [0.3, 0.4) is 0 Å². The predicted molar refractivity (Wildman–Crippen MR) is 91.8 cm³/mol. The van der Waals surface area contributed by atoms with Crippen molar-refractivity contribution in [3.05, 3.63) is 42.0 Å². The van der Waals surface area contributed by atoms with Crippen molar-refractivity contribution in [1.29, 1.82) is 5.26 Å². The molecule has 3 rings (SSSR count). The number of fused-ring (bicyclic) bond motifs is 1. The molecular formula is C19H20N2O4. The summed E-state index contributed by atoms with van der Waals surface area (Å²) in [6.07, 6.45) is -0.585. The maximum Gasteiger partial charge on any atom is 0.225 e. The third kappa shape index (κ3) is 3.29. The van der Waals surface area contributed by atoms with Gasteiger partial charge in [-0.05, 0) is 16.8 Å². The van der Waals surface area contributed by atoms with Gasteiger partial charge in [-0.15, -0.1) is 0 Å². The number of nitrogens with zero attached hydrogens (tertiary/aromatic N) is 2.